The van der Waals surface area contributed by atoms with Crippen LogP contribution in [0, 0.1) is 6.92 Å². The van der Waals surface area contributed by atoms with Crippen molar-refractivity contribution in [1.29, 1.82) is 0 Å². The summed E-state index contributed by atoms with van der Waals surface area (Å²) >= 11 is 1.38. The second-order valence-corrected chi connectivity index (χ2v) is 9.56. The second kappa shape index (κ2) is 10.2. The number of nitrogens with one attached hydrogen (secondary N) is 1. The van der Waals surface area contributed by atoms with Crippen LogP contribution in [0.3, 0.4) is 0 Å². The number of amidine groups is 1. The van der Waals surface area contributed by atoms with Gasteiger partial charge in [0.2, 0.25) is 5.91 Å². The predicted octanol–water partition coefficient (Wildman–Crippen LogP) is 3.67. The number of furan rings is 1. The molecule has 0 radical (unpaired) electrons. The Morgan fingerprint density at radius 2 is 1.88 bits per heavy atom. The number of carbonyl (C=O) groups excluding carboxylic acids is 3. The lowest BCUT2D eigenvalue weighted by Crippen LogP contribution is -2.33. The van der Waals surface area contributed by atoms with E-state index in [0.717, 1.165) is 42.6 Å². The molecule has 0 saturated carbocycles. The quantitative estimate of drug-likeness (QED) is 0.695. The van der Waals surface area contributed by atoms with Gasteiger partial charge in [-0.25, -0.2) is 0 Å². The normalized spacial score (nSPS) is 18.2. The van der Waals surface area contributed by atoms with Crippen molar-refractivity contribution in [1.82, 2.24) is 9.80 Å². The number of thioether (sulfide) groups is 1. The summed E-state index contributed by atoms with van der Waals surface area (Å²) in [5.74, 6) is 0.890. The molecule has 0 unspecified atom stereocenters. The lowest BCUT2D eigenvalue weighted by molar-refractivity contribution is -0.121. The van der Waals surface area contributed by atoms with Crippen molar-refractivity contribution in [2.24, 2.45) is 4.99 Å². The fourth-order valence-corrected chi connectivity index (χ4v) is 5.02. The van der Waals surface area contributed by atoms with Crippen molar-refractivity contribution < 1.29 is 18.8 Å². The molecule has 9 heteroatoms. The molecule has 3 amide bonds. The first kappa shape index (κ1) is 23.1. The Hall–Kier alpha value is -3.07. The van der Waals surface area contributed by atoms with Gasteiger partial charge in [-0.15, -0.1) is 0 Å². The molecule has 3 heterocycles. The monoisotopic (exact) mass is 468 g/mol. The number of anilines is 1. The second-order valence-electron chi connectivity index (χ2n) is 8.39. The van der Waals surface area contributed by atoms with Gasteiger partial charge in [0, 0.05) is 37.8 Å². The Balaban J connectivity index is 1.27. The van der Waals surface area contributed by atoms with E-state index in [2.05, 4.69) is 15.2 Å². The van der Waals surface area contributed by atoms with E-state index in [-0.39, 0.29) is 24.1 Å². The van der Waals surface area contributed by atoms with E-state index in [1.165, 1.54) is 18.2 Å². The summed E-state index contributed by atoms with van der Waals surface area (Å²) in [6.07, 6.45) is 3.49. The Morgan fingerprint density at radius 3 is 2.55 bits per heavy atom. The molecular formula is C24H28N4O4S. The van der Waals surface area contributed by atoms with E-state index in [9.17, 15) is 14.4 Å². The van der Waals surface area contributed by atoms with Crippen LogP contribution < -0.4 is 5.32 Å². The molecule has 0 spiro atoms. The van der Waals surface area contributed by atoms with Gasteiger partial charge in [0.15, 0.2) is 5.17 Å². The summed E-state index contributed by atoms with van der Waals surface area (Å²) in [7, 11) is 1.71. The number of nitrogens with zero attached hydrogens (tertiary/aromatic N) is 3. The van der Waals surface area contributed by atoms with E-state index < -0.39 is 5.25 Å². The molecule has 8 nitrogen and oxygen atoms in total. The highest BCUT2D eigenvalue weighted by molar-refractivity contribution is 8.15. The van der Waals surface area contributed by atoms with Crippen molar-refractivity contribution in [3.05, 3.63) is 53.5 Å². The first-order valence-electron chi connectivity index (χ1n) is 11.1. The SMILES string of the molecule is Cc1ccc(CN(C)C(=O)c2ccc(NC(=O)C[C@H]3SC(N4CCCCC4)=NC3=O)cc2)o1. The number of hydrogen-bond acceptors (Lipinski definition) is 6. The Labute approximate surface area is 197 Å². The molecule has 1 aromatic heterocycles. The number of likely N-dealkylation sites (tertiary alicyclic amines) is 1. The maximum absolute atomic E-state index is 12.7. The number of piperidine rings is 1. The molecule has 0 aliphatic carbocycles. The largest absolute Gasteiger partial charge is 0.464 e. The zero-order valence-corrected chi connectivity index (χ0v) is 19.7. The van der Waals surface area contributed by atoms with Crippen LogP contribution in [0.25, 0.3) is 0 Å². The van der Waals surface area contributed by atoms with Gasteiger partial charge in [0.25, 0.3) is 11.8 Å². The highest BCUT2D eigenvalue weighted by Gasteiger charge is 2.33. The van der Waals surface area contributed by atoms with Gasteiger partial charge in [0.1, 0.15) is 16.8 Å². The molecular weight excluding hydrogens is 440 g/mol. The highest BCUT2D eigenvalue weighted by atomic mass is 32.2. The van der Waals surface area contributed by atoms with Crippen LogP contribution in [0.2, 0.25) is 0 Å². The van der Waals surface area contributed by atoms with Gasteiger partial charge < -0.3 is 19.5 Å². The van der Waals surface area contributed by atoms with Crippen molar-refractivity contribution >= 4 is 40.3 Å². The molecule has 0 bridgehead atoms. The van der Waals surface area contributed by atoms with Gasteiger partial charge in [0.05, 0.1) is 6.54 Å². The number of aliphatic imine (C=N–C) groups is 1. The third-order valence-electron chi connectivity index (χ3n) is 5.68. The van der Waals surface area contributed by atoms with Gasteiger partial charge in [-0.05, 0) is 62.6 Å². The van der Waals surface area contributed by atoms with Gasteiger partial charge in [-0.2, -0.15) is 4.99 Å². The molecule has 1 saturated heterocycles. The predicted molar refractivity (Wildman–Crippen MR) is 128 cm³/mol. The maximum atomic E-state index is 12.7. The van der Waals surface area contributed by atoms with Crippen molar-refractivity contribution in [2.75, 3.05) is 25.5 Å². The van der Waals surface area contributed by atoms with Crippen LogP contribution in [0.15, 0.2) is 45.8 Å². The summed E-state index contributed by atoms with van der Waals surface area (Å²) in [6, 6.07) is 10.4. The summed E-state index contributed by atoms with van der Waals surface area (Å²) < 4.78 is 5.53. The molecule has 174 valence electrons. The lowest BCUT2D eigenvalue weighted by atomic mass is 10.1. The van der Waals surface area contributed by atoms with Crippen LogP contribution in [0.5, 0.6) is 0 Å². The van der Waals surface area contributed by atoms with Crippen LogP contribution in [-0.4, -0.2) is 58.1 Å². The molecule has 1 fully saturated rings. The zero-order valence-electron chi connectivity index (χ0n) is 18.9. The molecule has 1 aromatic carbocycles. The molecule has 2 aliphatic heterocycles. The number of carbonyl (C=O) groups is 3. The van der Waals surface area contributed by atoms with Gasteiger partial charge >= 0.3 is 0 Å². The van der Waals surface area contributed by atoms with Crippen molar-refractivity contribution in [2.45, 2.75) is 44.4 Å². The fraction of sp³-hybridized carbons (Fsp3) is 0.417. The molecule has 1 atom stereocenters. The zero-order chi connectivity index (χ0) is 23.4. The first-order valence-corrected chi connectivity index (χ1v) is 12.0. The number of rotatable bonds is 6. The molecule has 2 aliphatic rings. The number of hydrogen-bond donors (Lipinski definition) is 1. The summed E-state index contributed by atoms with van der Waals surface area (Å²) in [5, 5.41) is 3.07. The third kappa shape index (κ3) is 5.84. The average Bonchev–Trinajstić information content (AvgIpc) is 3.39. The standard InChI is InChI=1S/C24H28N4O4S/c1-16-6-11-19(32-16)15-27(2)23(31)17-7-9-18(10-8-17)25-21(29)14-20-22(30)26-24(33-20)28-12-4-3-5-13-28/h6-11,20H,3-5,12-15H2,1-2H3,(H,25,29)/t20-/m1/s1. The first-order chi connectivity index (χ1) is 15.9. The summed E-state index contributed by atoms with van der Waals surface area (Å²) in [6.45, 7) is 4.07. The molecule has 2 aromatic rings. The summed E-state index contributed by atoms with van der Waals surface area (Å²) in [5.41, 5.74) is 1.09. The Kier molecular flexibility index (Phi) is 7.17. The minimum Gasteiger partial charge on any atom is -0.464 e. The average molecular weight is 469 g/mol. The fourth-order valence-electron chi connectivity index (χ4n) is 3.90. The third-order valence-corrected chi connectivity index (χ3v) is 6.89. The van der Waals surface area contributed by atoms with Crippen LogP contribution >= 0.6 is 11.8 Å². The van der Waals surface area contributed by atoms with E-state index >= 15 is 0 Å². The number of amides is 3. The van der Waals surface area contributed by atoms with E-state index in [4.69, 9.17) is 4.42 Å². The highest BCUT2D eigenvalue weighted by Crippen LogP contribution is 2.29. The smallest absolute Gasteiger partial charge is 0.262 e. The molecule has 1 N–H and O–H groups in total. The van der Waals surface area contributed by atoms with Gasteiger partial charge in [-0.3, -0.25) is 14.4 Å². The molecule has 4 rings (SSSR count). The van der Waals surface area contributed by atoms with E-state index in [0.29, 0.717) is 17.8 Å². The summed E-state index contributed by atoms with van der Waals surface area (Å²) in [4.78, 5) is 45.3. The van der Waals surface area contributed by atoms with Crippen molar-refractivity contribution in [3.8, 4) is 0 Å². The lowest BCUT2D eigenvalue weighted by Gasteiger charge is -2.27. The maximum Gasteiger partial charge on any atom is 0.262 e. The number of aryl methyl sites for hydroxylation is 1. The topological polar surface area (TPSA) is 95.2 Å². The van der Waals surface area contributed by atoms with Crippen LogP contribution in [-0.2, 0) is 16.1 Å². The van der Waals surface area contributed by atoms with Gasteiger partial charge in [-0.1, -0.05) is 11.8 Å². The number of benzene rings is 1. The Morgan fingerprint density at radius 1 is 1.15 bits per heavy atom. The van der Waals surface area contributed by atoms with E-state index in [1.54, 1.807) is 36.2 Å². The Bertz CT molecular complexity index is 1060. The van der Waals surface area contributed by atoms with Crippen LogP contribution in [0.4, 0.5) is 5.69 Å². The minimum absolute atomic E-state index is 0.0658. The minimum atomic E-state index is -0.485. The van der Waals surface area contributed by atoms with E-state index in [1.807, 2.05) is 19.1 Å². The van der Waals surface area contributed by atoms with Crippen LogP contribution in [0.1, 0.15) is 47.6 Å². The van der Waals surface area contributed by atoms with Crippen molar-refractivity contribution in [3.63, 3.8) is 0 Å². The molecule has 33 heavy (non-hydrogen) atoms.